The quantitative estimate of drug-likeness (QED) is 0.182. The van der Waals surface area contributed by atoms with Gasteiger partial charge in [0.15, 0.2) is 24.8 Å². The maximum atomic E-state index is 11.1. The van der Waals surface area contributed by atoms with Crippen LogP contribution in [0.4, 0.5) is 0 Å². The second-order valence-corrected chi connectivity index (χ2v) is 6.18. The molecule has 2 aliphatic heterocycles. The molecule has 0 aromatic rings. The van der Waals surface area contributed by atoms with E-state index in [1.54, 1.807) is 0 Å². The number of halogens is 1. The molecular formula is C12H17IO13. The van der Waals surface area contributed by atoms with E-state index in [0.29, 0.717) is 0 Å². The van der Waals surface area contributed by atoms with E-state index in [0.717, 1.165) is 0 Å². The van der Waals surface area contributed by atoms with E-state index in [2.05, 4.69) is 0 Å². The number of hydrogen-bond donors (Lipinski definition) is 7. The summed E-state index contributed by atoms with van der Waals surface area (Å²) in [7, 11) is 0. The lowest BCUT2D eigenvalue weighted by Crippen LogP contribution is -2.65. The van der Waals surface area contributed by atoms with Crippen LogP contribution in [0, 0.1) is 0 Å². The fourth-order valence-electron chi connectivity index (χ4n) is 2.58. The first kappa shape index (κ1) is 21.6. The Bertz CT molecular complexity index is 529. The van der Waals surface area contributed by atoms with Gasteiger partial charge >= 0.3 is 11.9 Å². The normalized spacial score (nSPS) is 46.7. The van der Waals surface area contributed by atoms with Crippen molar-refractivity contribution in [2.24, 2.45) is 0 Å². The lowest BCUT2D eigenvalue weighted by molar-refractivity contribution is -0.347. The van der Waals surface area contributed by atoms with Crippen molar-refractivity contribution < 1.29 is 62.6 Å². The van der Waals surface area contributed by atoms with Crippen LogP contribution in [-0.4, -0.2) is 109 Å². The molecule has 0 amide bonds. The van der Waals surface area contributed by atoms with E-state index in [4.69, 9.17) is 27.5 Å². The molecule has 2 fully saturated rings. The highest BCUT2D eigenvalue weighted by Gasteiger charge is 2.53. The topological polar surface area (TPSA) is 213 Å². The smallest absolute Gasteiger partial charge is 0.335 e. The van der Waals surface area contributed by atoms with Gasteiger partial charge in [-0.1, -0.05) is 0 Å². The summed E-state index contributed by atoms with van der Waals surface area (Å²) in [5, 5.41) is 67.2. The maximum Gasteiger partial charge on any atom is 0.335 e. The average molecular weight is 496 g/mol. The van der Waals surface area contributed by atoms with Crippen molar-refractivity contribution in [2.45, 2.75) is 61.4 Å². The van der Waals surface area contributed by atoms with Crippen LogP contribution in [0.2, 0.25) is 0 Å². The Morgan fingerprint density at radius 2 is 1.19 bits per heavy atom. The van der Waals surface area contributed by atoms with Gasteiger partial charge < -0.3 is 50.0 Å². The van der Waals surface area contributed by atoms with Gasteiger partial charge in [0.1, 0.15) is 59.6 Å². The Morgan fingerprint density at radius 3 is 1.65 bits per heavy atom. The van der Waals surface area contributed by atoms with E-state index in [9.17, 15) is 35.1 Å². The van der Waals surface area contributed by atoms with E-state index in [-0.39, 0.29) is 0 Å². The van der Waals surface area contributed by atoms with Gasteiger partial charge in [-0.25, -0.2) is 9.59 Å². The molecule has 0 bridgehead atoms. The number of aliphatic hydroxyl groups is 5. The van der Waals surface area contributed by atoms with Crippen molar-refractivity contribution in [1.82, 2.24) is 0 Å². The lowest BCUT2D eigenvalue weighted by Gasteiger charge is -2.44. The van der Waals surface area contributed by atoms with Crippen molar-refractivity contribution >= 4 is 34.9 Å². The van der Waals surface area contributed by atoms with Gasteiger partial charge in [-0.15, -0.1) is 0 Å². The summed E-state index contributed by atoms with van der Waals surface area (Å²) in [5.41, 5.74) is 0. The standard InChI is InChI=1S/C12H17IO13/c13-26-12-8(4(17)3(16)7(24-12)10(21)22)25-11-5(18)1(14)2(15)6(23-11)9(19)20/h1-8,11-12,14-18H,(H,19,20)(H,21,22)/t1-,2-,3-,4-,5?,6-,7-,8+,11-,12-/m0/s1. The van der Waals surface area contributed by atoms with Gasteiger partial charge in [-0.2, -0.15) is 0 Å². The van der Waals surface area contributed by atoms with Crippen LogP contribution >= 0.6 is 23.0 Å². The number of aliphatic carboxylic acids is 2. The van der Waals surface area contributed by atoms with Crippen LogP contribution in [-0.2, 0) is 26.9 Å². The number of aliphatic hydroxyl groups excluding tert-OH is 5. The van der Waals surface area contributed by atoms with Crippen LogP contribution in [0.3, 0.4) is 0 Å². The molecule has 14 heteroatoms. The maximum absolute atomic E-state index is 11.1. The first-order chi connectivity index (χ1) is 12.1. The molecule has 2 aliphatic rings. The molecule has 0 aromatic heterocycles. The SMILES string of the molecule is O=C(O)[C@H]1O[C@@H](O[C@H]2[C@H](OI)O[C@H](C(=O)O)[C@@H](O)[C@@H]2O)C(O)[C@@H](O)[C@@H]1O. The zero-order valence-electron chi connectivity index (χ0n) is 12.7. The summed E-state index contributed by atoms with van der Waals surface area (Å²) in [6, 6.07) is 0. The highest BCUT2D eigenvalue weighted by molar-refractivity contribution is 14.1. The Balaban J connectivity index is 2.19. The van der Waals surface area contributed by atoms with E-state index in [1.807, 2.05) is 0 Å². The predicted molar refractivity (Wildman–Crippen MR) is 82.6 cm³/mol. The summed E-state index contributed by atoms with van der Waals surface area (Å²) >= 11 is 1.32. The monoisotopic (exact) mass is 496 g/mol. The molecule has 0 saturated carbocycles. The zero-order valence-corrected chi connectivity index (χ0v) is 14.9. The molecule has 7 N–H and O–H groups in total. The molecule has 10 atom stereocenters. The largest absolute Gasteiger partial charge is 0.479 e. The Labute approximate surface area is 159 Å². The average Bonchev–Trinajstić information content (AvgIpc) is 2.58. The second kappa shape index (κ2) is 8.55. The molecule has 0 spiro atoms. The van der Waals surface area contributed by atoms with Gasteiger partial charge in [0.25, 0.3) is 0 Å². The third-order valence-corrected chi connectivity index (χ3v) is 4.48. The second-order valence-electron chi connectivity index (χ2n) is 5.67. The highest BCUT2D eigenvalue weighted by Crippen LogP contribution is 2.30. The molecule has 2 rings (SSSR count). The third kappa shape index (κ3) is 4.08. The Kier molecular flexibility index (Phi) is 7.10. The van der Waals surface area contributed by atoms with Crippen molar-refractivity contribution in [3.8, 4) is 0 Å². The van der Waals surface area contributed by atoms with Gasteiger partial charge in [0, 0.05) is 0 Å². The molecular weight excluding hydrogens is 479 g/mol. The van der Waals surface area contributed by atoms with Crippen molar-refractivity contribution in [2.75, 3.05) is 0 Å². The zero-order chi connectivity index (χ0) is 19.8. The molecule has 1 unspecified atom stereocenters. The summed E-state index contributed by atoms with van der Waals surface area (Å²) in [6.07, 6.45) is -18.4. The van der Waals surface area contributed by atoms with E-state index >= 15 is 0 Å². The Morgan fingerprint density at radius 1 is 0.731 bits per heavy atom. The van der Waals surface area contributed by atoms with E-state index in [1.165, 1.54) is 23.0 Å². The molecule has 2 heterocycles. The summed E-state index contributed by atoms with van der Waals surface area (Å²) in [6.45, 7) is 0. The highest BCUT2D eigenvalue weighted by atomic mass is 127. The van der Waals surface area contributed by atoms with Crippen LogP contribution in [0.25, 0.3) is 0 Å². The number of carboxylic acids is 2. The number of ether oxygens (including phenoxy) is 3. The van der Waals surface area contributed by atoms with E-state index < -0.39 is 73.4 Å². The molecule has 0 aliphatic carbocycles. The van der Waals surface area contributed by atoms with Gasteiger partial charge in [0.2, 0.25) is 0 Å². The van der Waals surface area contributed by atoms with Gasteiger partial charge in [0.05, 0.1) is 0 Å². The van der Waals surface area contributed by atoms with Crippen LogP contribution in [0.5, 0.6) is 0 Å². The third-order valence-electron chi connectivity index (χ3n) is 3.98. The molecule has 13 nitrogen and oxygen atoms in total. The van der Waals surface area contributed by atoms with Crippen LogP contribution in [0.15, 0.2) is 0 Å². The van der Waals surface area contributed by atoms with Gasteiger partial charge in [-0.05, 0) is 0 Å². The predicted octanol–water partition coefficient (Wildman–Crippen LogP) is -3.84. The molecule has 150 valence electrons. The number of hydrogen-bond acceptors (Lipinski definition) is 11. The fraction of sp³-hybridized carbons (Fsp3) is 0.833. The first-order valence-corrected chi connectivity index (χ1v) is 8.08. The molecule has 2 saturated heterocycles. The minimum atomic E-state index is -1.95. The Hall–Kier alpha value is -0.690. The molecule has 0 radical (unpaired) electrons. The van der Waals surface area contributed by atoms with Crippen LogP contribution < -0.4 is 0 Å². The van der Waals surface area contributed by atoms with Crippen molar-refractivity contribution in [1.29, 1.82) is 0 Å². The fourth-order valence-corrected chi connectivity index (χ4v) is 2.99. The minimum Gasteiger partial charge on any atom is -0.479 e. The van der Waals surface area contributed by atoms with Crippen molar-refractivity contribution in [3.05, 3.63) is 0 Å². The number of carbonyl (C=O) groups is 2. The lowest BCUT2D eigenvalue weighted by atomic mass is 9.97. The number of rotatable bonds is 5. The van der Waals surface area contributed by atoms with Crippen LogP contribution in [0.1, 0.15) is 0 Å². The first-order valence-electron chi connectivity index (χ1n) is 7.19. The summed E-state index contributed by atoms with van der Waals surface area (Å²) < 4.78 is 19.9. The summed E-state index contributed by atoms with van der Waals surface area (Å²) in [5.74, 6) is -3.22. The molecule has 26 heavy (non-hydrogen) atoms. The number of carboxylic acid groups (broad SMARTS) is 2. The molecule has 0 aromatic carbocycles. The summed E-state index contributed by atoms with van der Waals surface area (Å²) in [4.78, 5) is 22.1. The van der Waals surface area contributed by atoms with Gasteiger partial charge in [-0.3, -0.25) is 3.07 Å². The minimum absolute atomic E-state index is 1.32. The van der Waals surface area contributed by atoms with Crippen molar-refractivity contribution in [3.63, 3.8) is 0 Å².